The van der Waals surface area contributed by atoms with Gasteiger partial charge in [-0.1, -0.05) is 24.8 Å². The van der Waals surface area contributed by atoms with Gasteiger partial charge in [0.2, 0.25) is 0 Å². The third-order valence-electron chi connectivity index (χ3n) is 2.65. The molecule has 1 aromatic rings. The van der Waals surface area contributed by atoms with Crippen LogP contribution in [0, 0.1) is 0 Å². The quantitative estimate of drug-likeness (QED) is 0.804. The maximum atomic E-state index is 6.01. The van der Waals surface area contributed by atoms with Crippen LogP contribution in [0.1, 0.15) is 0 Å². The summed E-state index contributed by atoms with van der Waals surface area (Å²) in [4.78, 5) is 8.21. The first-order valence-corrected chi connectivity index (χ1v) is 5.41. The fraction of sp³-hybridized carbons (Fsp3) is 0.154. The van der Waals surface area contributed by atoms with E-state index in [1.165, 1.54) is 5.69 Å². The van der Waals surface area contributed by atoms with Crippen molar-refractivity contribution in [3.63, 3.8) is 0 Å². The van der Waals surface area contributed by atoms with E-state index in [4.69, 9.17) is 5.73 Å². The van der Waals surface area contributed by atoms with Crippen molar-refractivity contribution >= 4 is 17.6 Å². The van der Waals surface area contributed by atoms with Gasteiger partial charge in [0.15, 0.2) is 0 Å². The zero-order chi connectivity index (χ0) is 12.3. The van der Waals surface area contributed by atoms with E-state index in [1.54, 1.807) is 18.5 Å². The van der Waals surface area contributed by atoms with Gasteiger partial charge >= 0.3 is 0 Å². The summed E-state index contributed by atoms with van der Waals surface area (Å²) in [6.07, 6.45) is 4.87. The smallest absolute Gasteiger partial charge is 0.124 e. The van der Waals surface area contributed by atoms with Crippen LogP contribution < -0.4 is 15.5 Å². The van der Waals surface area contributed by atoms with Gasteiger partial charge in [0.05, 0.1) is 24.2 Å². The minimum Gasteiger partial charge on any atom is -0.384 e. The van der Waals surface area contributed by atoms with Crippen molar-refractivity contribution in [1.29, 1.82) is 0 Å². The van der Waals surface area contributed by atoms with Crippen molar-refractivity contribution in [3.05, 3.63) is 48.9 Å². The Bertz CT molecular complexity index is 476. The second-order valence-electron chi connectivity index (χ2n) is 3.84. The fourth-order valence-corrected chi connectivity index (χ4v) is 1.85. The minimum absolute atomic E-state index is 0.625. The Labute approximate surface area is 101 Å². The lowest BCUT2D eigenvalue weighted by atomic mass is 10.2. The number of fused-ring (bicyclic) bond motifs is 1. The predicted molar refractivity (Wildman–Crippen MR) is 73.2 cm³/mol. The first-order chi connectivity index (χ1) is 8.24. The number of para-hydroxylation sites is 2. The van der Waals surface area contributed by atoms with Gasteiger partial charge in [-0.25, -0.2) is 0 Å². The van der Waals surface area contributed by atoms with Crippen LogP contribution in [0.3, 0.4) is 0 Å². The van der Waals surface area contributed by atoms with Gasteiger partial charge in [0.1, 0.15) is 5.82 Å². The number of rotatable bonds is 3. The molecule has 0 aromatic heterocycles. The topological polar surface area (TPSA) is 44.9 Å². The van der Waals surface area contributed by atoms with Crippen LogP contribution >= 0.6 is 0 Å². The molecule has 0 amide bonds. The fourth-order valence-electron chi connectivity index (χ4n) is 1.85. The van der Waals surface area contributed by atoms with Crippen LogP contribution in [0.2, 0.25) is 0 Å². The molecule has 0 saturated carbocycles. The SMILES string of the molecule is C=CC=N/C=C(\N)N1CN(C)c2ccccc21. The second kappa shape index (κ2) is 4.74. The lowest BCUT2D eigenvalue weighted by Crippen LogP contribution is -2.30. The number of nitrogens with two attached hydrogens (primary N) is 1. The van der Waals surface area contributed by atoms with Crippen molar-refractivity contribution in [2.75, 3.05) is 23.5 Å². The van der Waals surface area contributed by atoms with Crippen molar-refractivity contribution in [2.24, 2.45) is 10.7 Å². The highest BCUT2D eigenvalue weighted by atomic mass is 15.4. The highest BCUT2D eigenvalue weighted by Gasteiger charge is 2.23. The van der Waals surface area contributed by atoms with Gasteiger partial charge in [0.25, 0.3) is 0 Å². The van der Waals surface area contributed by atoms with Crippen LogP contribution in [-0.4, -0.2) is 19.9 Å². The average molecular weight is 228 g/mol. The standard InChI is InChI=1S/C13H16N4/c1-3-8-15-9-13(14)17-10-16(2)11-6-4-5-7-12(11)17/h3-9H,1,10,14H2,2H3/b13-9+,15-8?. The Morgan fingerprint density at radius 2 is 2.12 bits per heavy atom. The number of aliphatic imine (C=N–C) groups is 1. The molecule has 0 unspecified atom stereocenters. The monoisotopic (exact) mass is 228 g/mol. The largest absolute Gasteiger partial charge is 0.384 e. The predicted octanol–water partition coefficient (Wildman–Crippen LogP) is 1.91. The molecule has 1 aromatic carbocycles. The molecule has 0 atom stereocenters. The van der Waals surface area contributed by atoms with E-state index in [0.29, 0.717) is 5.82 Å². The van der Waals surface area contributed by atoms with E-state index in [2.05, 4.69) is 28.6 Å². The summed E-state index contributed by atoms with van der Waals surface area (Å²) in [5.41, 5.74) is 8.30. The Morgan fingerprint density at radius 3 is 2.82 bits per heavy atom. The molecular weight excluding hydrogens is 212 g/mol. The van der Waals surface area contributed by atoms with Crippen LogP contribution in [0.15, 0.2) is 53.9 Å². The molecule has 4 heteroatoms. The van der Waals surface area contributed by atoms with Crippen LogP contribution in [0.4, 0.5) is 11.4 Å². The second-order valence-corrected chi connectivity index (χ2v) is 3.84. The Morgan fingerprint density at radius 1 is 1.41 bits per heavy atom. The summed E-state index contributed by atoms with van der Waals surface area (Å²) >= 11 is 0. The number of hydrogen-bond acceptors (Lipinski definition) is 4. The first kappa shape index (κ1) is 11.3. The van der Waals surface area contributed by atoms with Crippen LogP contribution in [0.25, 0.3) is 0 Å². The number of allylic oxidation sites excluding steroid dienone is 1. The zero-order valence-electron chi connectivity index (χ0n) is 9.87. The third kappa shape index (κ3) is 2.15. The Balaban J connectivity index is 2.28. The summed E-state index contributed by atoms with van der Waals surface area (Å²) in [5.74, 6) is 0.625. The summed E-state index contributed by atoms with van der Waals surface area (Å²) in [5, 5.41) is 0. The molecule has 0 spiro atoms. The normalized spacial score (nSPS) is 15.5. The van der Waals surface area contributed by atoms with E-state index < -0.39 is 0 Å². The molecule has 4 nitrogen and oxygen atoms in total. The van der Waals surface area contributed by atoms with Crippen molar-refractivity contribution in [1.82, 2.24) is 0 Å². The van der Waals surface area contributed by atoms with E-state index >= 15 is 0 Å². The molecule has 2 N–H and O–H groups in total. The number of hydrogen-bond donors (Lipinski definition) is 1. The molecule has 1 aliphatic heterocycles. The molecule has 88 valence electrons. The van der Waals surface area contributed by atoms with E-state index in [1.807, 2.05) is 24.1 Å². The molecular formula is C13H16N4. The van der Waals surface area contributed by atoms with Crippen molar-refractivity contribution < 1.29 is 0 Å². The van der Waals surface area contributed by atoms with Crippen molar-refractivity contribution in [3.8, 4) is 0 Å². The molecule has 1 aliphatic rings. The van der Waals surface area contributed by atoms with E-state index in [9.17, 15) is 0 Å². The van der Waals surface area contributed by atoms with Gasteiger partial charge in [-0.2, -0.15) is 0 Å². The lowest BCUT2D eigenvalue weighted by Gasteiger charge is -2.18. The summed E-state index contributed by atoms with van der Waals surface area (Å²) in [6, 6.07) is 8.16. The molecule has 0 saturated heterocycles. The molecule has 0 fully saturated rings. The zero-order valence-corrected chi connectivity index (χ0v) is 9.87. The third-order valence-corrected chi connectivity index (χ3v) is 2.65. The molecule has 0 aliphatic carbocycles. The minimum atomic E-state index is 0.625. The number of nitrogens with zero attached hydrogens (tertiary/aromatic N) is 3. The van der Waals surface area contributed by atoms with Crippen LogP contribution in [-0.2, 0) is 0 Å². The molecule has 0 radical (unpaired) electrons. The van der Waals surface area contributed by atoms with Crippen LogP contribution in [0.5, 0.6) is 0 Å². The highest BCUT2D eigenvalue weighted by Crippen LogP contribution is 2.35. The van der Waals surface area contributed by atoms with Gasteiger partial charge in [-0.15, -0.1) is 0 Å². The number of anilines is 2. The maximum absolute atomic E-state index is 6.01. The van der Waals surface area contributed by atoms with Gasteiger partial charge in [-0.05, 0) is 12.1 Å². The maximum Gasteiger partial charge on any atom is 0.124 e. The lowest BCUT2D eigenvalue weighted by molar-refractivity contribution is 0.895. The molecule has 0 bridgehead atoms. The highest BCUT2D eigenvalue weighted by molar-refractivity contribution is 5.78. The van der Waals surface area contributed by atoms with E-state index in [-0.39, 0.29) is 0 Å². The molecule has 2 rings (SSSR count). The van der Waals surface area contributed by atoms with Gasteiger partial charge in [-0.3, -0.25) is 4.99 Å². The van der Waals surface area contributed by atoms with Crippen molar-refractivity contribution in [2.45, 2.75) is 0 Å². The Kier molecular flexibility index (Phi) is 3.14. The number of benzene rings is 1. The molecule has 17 heavy (non-hydrogen) atoms. The average Bonchev–Trinajstić information content (AvgIpc) is 2.68. The molecule has 1 heterocycles. The summed E-state index contributed by atoms with van der Waals surface area (Å²) in [7, 11) is 2.04. The summed E-state index contributed by atoms with van der Waals surface area (Å²) in [6.45, 7) is 4.30. The van der Waals surface area contributed by atoms with Gasteiger partial charge < -0.3 is 15.5 Å². The summed E-state index contributed by atoms with van der Waals surface area (Å²) < 4.78 is 0. The first-order valence-electron chi connectivity index (χ1n) is 5.41. The van der Waals surface area contributed by atoms with Gasteiger partial charge in [0, 0.05) is 13.3 Å². The van der Waals surface area contributed by atoms with E-state index in [0.717, 1.165) is 12.4 Å². The Hall–Kier alpha value is -2.23.